The van der Waals surface area contributed by atoms with Crippen LogP contribution >= 0.6 is 0 Å². The highest BCUT2D eigenvalue weighted by Crippen LogP contribution is 2.31. The molecule has 1 aliphatic carbocycles. The van der Waals surface area contributed by atoms with Gasteiger partial charge in [0.2, 0.25) is 0 Å². The first-order valence-corrected chi connectivity index (χ1v) is 6.25. The van der Waals surface area contributed by atoms with Crippen molar-refractivity contribution in [2.24, 2.45) is 5.92 Å². The van der Waals surface area contributed by atoms with E-state index in [1.54, 1.807) is 0 Å². The summed E-state index contributed by atoms with van der Waals surface area (Å²) < 4.78 is 5.83. The Bertz CT molecular complexity index is 431. The fraction of sp³-hybridized carbons (Fsp3) is 0.500. The summed E-state index contributed by atoms with van der Waals surface area (Å²) in [5, 5.41) is 9.12. The summed E-state index contributed by atoms with van der Waals surface area (Å²) in [6.45, 7) is 0. The number of anilines is 1. The molecule has 1 aromatic carbocycles. The molecule has 0 spiro atoms. The zero-order valence-corrected chi connectivity index (χ0v) is 10.8. The number of carboxylic acids is 1. The number of hydrogen-bond donors (Lipinski definition) is 1. The molecule has 1 N–H and O–H groups in total. The Morgan fingerprint density at radius 2 is 2.17 bits per heavy atom. The molecule has 0 heterocycles. The van der Waals surface area contributed by atoms with Crippen LogP contribution in [0.3, 0.4) is 0 Å². The van der Waals surface area contributed by atoms with Crippen LogP contribution in [0.2, 0.25) is 0 Å². The lowest BCUT2D eigenvalue weighted by atomic mass is 10.1. The Morgan fingerprint density at radius 1 is 1.39 bits per heavy atom. The third-order valence-corrected chi connectivity index (χ3v) is 3.39. The van der Waals surface area contributed by atoms with E-state index in [9.17, 15) is 4.79 Å². The molecule has 4 heteroatoms. The molecule has 0 aromatic heterocycles. The Kier molecular flexibility index (Phi) is 3.75. The molecule has 0 saturated heterocycles. The van der Waals surface area contributed by atoms with Crippen molar-refractivity contribution in [3.05, 3.63) is 24.3 Å². The highest BCUT2D eigenvalue weighted by molar-refractivity contribution is 5.71. The van der Waals surface area contributed by atoms with Gasteiger partial charge in [0.1, 0.15) is 11.9 Å². The molecule has 0 radical (unpaired) electrons. The maximum absolute atomic E-state index is 11.1. The number of nitrogens with zero attached hydrogens (tertiary/aromatic N) is 1. The van der Waals surface area contributed by atoms with E-state index < -0.39 is 5.97 Å². The molecule has 98 valence electrons. The maximum atomic E-state index is 11.1. The fourth-order valence-electron chi connectivity index (χ4n) is 2.36. The van der Waals surface area contributed by atoms with Crippen LogP contribution in [0.4, 0.5) is 5.69 Å². The zero-order chi connectivity index (χ0) is 13.1. The first-order chi connectivity index (χ1) is 8.58. The molecule has 1 saturated carbocycles. The molecule has 1 fully saturated rings. The van der Waals surface area contributed by atoms with Crippen LogP contribution in [0.15, 0.2) is 24.3 Å². The Labute approximate surface area is 107 Å². The van der Waals surface area contributed by atoms with Gasteiger partial charge in [-0.05, 0) is 31.4 Å². The van der Waals surface area contributed by atoms with Crippen LogP contribution in [0.25, 0.3) is 0 Å². The minimum Gasteiger partial charge on any atom is -0.489 e. The van der Waals surface area contributed by atoms with E-state index in [2.05, 4.69) is 0 Å². The van der Waals surface area contributed by atoms with Gasteiger partial charge in [0.25, 0.3) is 0 Å². The summed E-state index contributed by atoms with van der Waals surface area (Å²) in [5.41, 5.74) is 1.05. The maximum Gasteiger partial charge on any atom is 0.310 e. The number of carbonyl (C=O) groups is 1. The second-order valence-electron chi connectivity index (χ2n) is 4.92. The standard InChI is InChI=1S/C14H19NO3/c1-15(2)10-5-3-6-11(9-10)18-13-8-4-7-12(13)14(16)17/h3,5-6,9,12-13H,4,7-8H2,1-2H3,(H,16,17). The van der Waals surface area contributed by atoms with Crippen molar-refractivity contribution in [3.8, 4) is 5.75 Å². The summed E-state index contributed by atoms with van der Waals surface area (Å²) >= 11 is 0. The van der Waals surface area contributed by atoms with Crippen molar-refractivity contribution in [1.29, 1.82) is 0 Å². The first kappa shape index (κ1) is 12.7. The highest BCUT2D eigenvalue weighted by Gasteiger charge is 2.34. The van der Waals surface area contributed by atoms with Gasteiger partial charge in [-0.1, -0.05) is 6.07 Å². The van der Waals surface area contributed by atoms with Gasteiger partial charge >= 0.3 is 5.97 Å². The van der Waals surface area contributed by atoms with Gasteiger partial charge < -0.3 is 14.7 Å². The Morgan fingerprint density at radius 3 is 2.83 bits per heavy atom. The van der Waals surface area contributed by atoms with E-state index in [1.165, 1.54) is 0 Å². The minimum atomic E-state index is -0.749. The van der Waals surface area contributed by atoms with Gasteiger partial charge in [-0.25, -0.2) is 0 Å². The van der Waals surface area contributed by atoms with Crippen LogP contribution in [-0.2, 0) is 4.79 Å². The molecule has 0 amide bonds. The largest absolute Gasteiger partial charge is 0.489 e. The molecule has 18 heavy (non-hydrogen) atoms. The van der Waals surface area contributed by atoms with Crippen molar-refractivity contribution in [2.45, 2.75) is 25.4 Å². The molecule has 0 bridgehead atoms. The molecule has 1 aromatic rings. The minimum absolute atomic E-state index is 0.195. The number of carboxylic acid groups (broad SMARTS) is 1. The average Bonchev–Trinajstić information content (AvgIpc) is 2.77. The summed E-state index contributed by atoms with van der Waals surface area (Å²) in [7, 11) is 3.93. The molecular weight excluding hydrogens is 230 g/mol. The Balaban J connectivity index is 2.09. The van der Waals surface area contributed by atoms with Crippen molar-refractivity contribution >= 4 is 11.7 Å². The van der Waals surface area contributed by atoms with Gasteiger partial charge in [0, 0.05) is 25.8 Å². The van der Waals surface area contributed by atoms with Gasteiger partial charge in [-0.15, -0.1) is 0 Å². The third-order valence-electron chi connectivity index (χ3n) is 3.39. The highest BCUT2D eigenvalue weighted by atomic mass is 16.5. The molecular formula is C14H19NO3. The smallest absolute Gasteiger partial charge is 0.310 e. The monoisotopic (exact) mass is 249 g/mol. The number of aliphatic carboxylic acids is 1. The number of rotatable bonds is 4. The fourth-order valence-corrected chi connectivity index (χ4v) is 2.36. The van der Waals surface area contributed by atoms with Gasteiger partial charge in [-0.3, -0.25) is 4.79 Å². The predicted molar refractivity (Wildman–Crippen MR) is 70.2 cm³/mol. The second-order valence-corrected chi connectivity index (χ2v) is 4.92. The van der Waals surface area contributed by atoms with Crippen molar-refractivity contribution in [3.63, 3.8) is 0 Å². The van der Waals surface area contributed by atoms with Crippen molar-refractivity contribution < 1.29 is 14.6 Å². The lowest BCUT2D eigenvalue weighted by molar-refractivity contribution is -0.143. The molecule has 2 rings (SSSR count). The second kappa shape index (κ2) is 5.29. The van der Waals surface area contributed by atoms with E-state index in [0.29, 0.717) is 6.42 Å². The summed E-state index contributed by atoms with van der Waals surface area (Å²) in [6, 6.07) is 7.74. The van der Waals surface area contributed by atoms with Crippen molar-refractivity contribution in [1.82, 2.24) is 0 Å². The summed E-state index contributed by atoms with van der Waals surface area (Å²) in [4.78, 5) is 13.1. The lowest BCUT2D eigenvalue weighted by Gasteiger charge is -2.20. The number of hydrogen-bond acceptors (Lipinski definition) is 3. The van der Waals surface area contributed by atoms with E-state index in [0.717, 1.165) is 24.3 Å². The normalized spacial score (nSPS) is 22.8. The van der Waals surface area contributed by atoms with Crippen LogP contribution in [-0.4, -0.2) is 31.3 Å². The van der Waals surface area contributed by atoms with E-state index >= 15 is 0 Å². The summed E-state index contributed by atoms with van der Waals surface area (Å²) in [6.07, 6.45) is 2.27. The quantitative estimate of drug-likeness (QED) is 0.890. The van der Waals surface area contributed by atoms with Gasteiger partial charge in [0.05, 0.1) is 5.92 Å². The van der Waals surface area contributed by atoms with E-state index in [1.807, 2.05) is 43.3 Å². The number of benzene rings is 1. The lowest BCUT2D eigenvalue weighted by Crippen LogP contribution is -2.27. The molecule has 4 nitrogen and oxygen atoms in total. The van der Waals surface area contributed by atoms with Crippen molar-refractivity contribution in [2.75, 3.05) is 19.0 Å². The van der Waals surface area contributed by atoms with Crippen LogP contribution < -0.4 is 9.64 Å². The first-order valence-electron chi connectivity index (χ1n) is 6.25. The van der Waals surface area contributed by atoms with Crippen LogP contribution in [0.5, 0.6) is 5.75 Å². The molecule has 2 atom stereocenters. The van der Waals surface area contributed by atoms with E-state index in [4.69, 9.17) is 9.84 Å². The van der Waals surface area contributed by atoms with Gasteiger partial charge in [0.15, 0.2) is 0 Å². The SMILES string of the molecule is CN(C)c1cccc(OC2CCCC2C(=O)O)c1. The van der Waals surface area contributed by atoms with Crippen LogP contribution in [0, 0.1) is 5.92 Å². The van der Waals surface area contributed by atoms with Gasteiger partial charge in [-0.2, -0.15) is 0 Å². The summed E-state index contributed by atoms with van der Waals surface area (Å²) in [5.74, 6) is -0.367. The third kappa shape index (κ3) is 2.75. The molecule has 1 aliphatic rings. The molecule has 2 unspecified atom stereocenters. The molecule has 0 aliphatic heterocycles. The van der Waals surface area contributed by atoms with E-state index in [-0.39, 0.29) is 12.0 Å². The average molecular weight is 249 g/mol. The van der Waals surface area contributed by atoms with Crippen LogP contribution in [0.1, 0.15) is 19.3 Å². The topological polar surface area (TPSA) is 49.8 Å². The number of ether oxygens (including phenoxy) is 1. The Hall–Kier alpha value is -1.71. The predicted octanol–water partition coefficient (Wildman–Crippen LogP) is 2.38. The zero-order valence-electron chi connectivity index (χ0n) is 10.8.